The van der Waals surface area contributed by atoms with Gasteiger partial charge in [0, 0.05) is 19.5 Å². The summed E-state index contributed by atoms with van der Waals surface area (Å²) in [5, 5.41) is 18.7. The third kappa shape index (κ3) is 6.65. The van der Waals surface area contributed by atoms with E-state index in [0.717, 1.165) is 21.7 Å². The van der Waals surface area contributed by atoms with Crippen LogP contribution in [0.2, 0.25) is 0 Å². The standard InChI is InChI=1S/C25H35N5O4S/c1-15-21(35-14-28-15)17-8-6-16(7-9-17)11-27-23(33)19-10-18(31)13-30(19)24(34)22(25(2,3)4)29-20(32)12-26-5/h6-9,14,18-19,22,26,31H,10-13H2,1-5H3,(H,27,33)(H,29,32)/t18-,19+,22?/m1/s1. The van der Waals surface area contributed by atoms with Gasteiger partial charge in [-0.1, -0.05) is 45.0 Å². The normalized spacial score (nSPS) is 18.9. The van der Waals surface area contributed by atoms with Crippen molar-refractivity contribution < 1.29 is 19.5 Å². The van der Waals surface area contributed by atoms with Gasteiger partial charge in [-0.05, 0) is 30.5 Å². The smallest absolute Gasteiger partial charge is 0.246 e. The molecular weight excluding hydrogens is 466 g/mol. The third-order valence-electron chi connectivity index (χ3n) is 6.05. The third-order valence-corrected chi connectivity index (χ3v) is 7.03. The first kappa shape index (κ1) is 26.8. The van der Waals surface area contributed by atoms with Gasteiger partial charge in [0.15, 0.2) is 0 Å². The van der Waals surface area contributed by atoms with Crippen LogP contribution in [0.25, 0.3) is 10.4 Å². The predicted molar refractivity (Wildman–Crippen MR) is 136 cm³/mol. The molecule has 0 aliphatic carbocycles. The van der Waals surface area contributed by atoms with Gasteiger partial charge >= 0.3 is 0 Å². The number of aryl methyl sites for hydroxylation is 1. The van der Waals surface area contributed by atoms with Crippen LogP contribution >= 0.6 is 11.3 Å². The highest BCUT2D eigenvalue weighted by Gasteiger charge is 2.44. The largest absolute Gasteiger partial charge is 0.391 e. The summed E-state index contributed by atoms with van der Waals surface area (Å²) in [5.74, 6) is -1.01. The molecule has 1 fully saturated rings. The number of rotatable bonds is 8. The number of carbonyl (C=O) groups excluding carboxylic acids is 3. The van der Waals surface area contributed by atoms with Crippen LogP contribution in [0.15, 0.2) is 29.8 Å². The summed E-state index contributed by atoms with van der Waals surface area (Å²) in [6.07, 6.45) is -0.645. The highest BCUT2D eigenvalue weighted by molar-refractivity contribution is 7.13. The second kappa shape index (κ2) is 11.3. The Kier molecular flexibility index (Phi) is 8.63. The number of carbonyl (C=O) groups is 3. The summed E-state index contributed by atoms with van der Waals surface area (Å²) in [6, 6.07) is 6.27. The predicted octanol–water partition coefficient (Wildman–Crippen LogP) is 1.45. The van der Waals surface area contributed by atoms with Gasteiger partial charge in [-0.25, -0.2) is 4.98 Å². The van der Waals surface area contributed by atoms with Crippen molar-refractivity contribution >= 4 is 29.1 Å². The first-order valence-corrected chi connectivity index (χ1v) is 12.6. The molecule has 3 atom stereocenters. The second-order valence-corrected chi connectivity index (χ2v) is 10.8. The van der Waals surface area contributed by atoms with Crippen LogP contribution in [0.5, 0.6) is 0 Å². The van der Waals surface area contributed by atoms with E-state index in [4.69, 9.17) is 0 Å². The zero-order valence-corrected chi connectivity index (χ0v) is 21.7. The molecule has 1 aromatic heterocycles. The number of benzene rings is 1. The number of aliphatic hydroxyl groups excluding tert-OH is 1. The zero-order valence-electron chi connectivity index (χ0n) is 20.9. The van der Waals surface area contributed by atoms with E-state index >= 15 is 0 Å². The molecule has 10 heteroatoms. The van der Waals surface area contributed by atoms with E-state index in [0.29, 0.717) is 6.54 Å². The molecule has 4 N–H and O–H groups in total. The molecule has 0 spiro atoms. The molecule has 1 unspecified atom stereocenters. The SMILES string of the molecule is CNCC(=O)NC(C(=O)N1C[C@H](O)C[C@H]1C(=O)NCc1ccc(-c2scnc2C)cc1)C(C)(C)C. The van der Waals surface area contributed by atoms with Crippen molar-refractivity contribution in [2.45, 2.75) is 58.8 Å². The van der Waals surface area contributed by atoms with Crippen LogP contribution < -0.4 is 16.0 Å². The molecule has 0 radical (unpaired) electrons. The molecule has 3 amide bonds. The number of aromatic nitrogens is 1. The lowest BCUT2D eigenvalue weighted by atomic mass is 9.85. The van der Waals surface area contributed by atoms with Crippen molar-refractivity contribution in [1.82, 2.24) is 25.8 Å². The Morgan fingerprint density at radius 3 is 2.49 bits per heavy atom. The minimum atomic E-state index is -0.827. The number of nitrogens with one attached hydrogen (secondary N) is 3. The van der Waals surface area contributed by atoms with E-state index < -0.39 is 23.6 Å². The zero-order chi connectivity index (χ0) is 25.8. The second-order valence-electron chi connectivity index (χ2n) is 9.97. The molecule has 3 rings (SSSR count). The molecule has 2 aromatic rings. The van der Waals surface area contributed by atoms with Crippen LogP contribution in [-0.4, -0.2) is 71.0 Å². The van der Waals surface area contributed by atoms with E-state index in [1.807, 2.05) is 57.5 Å². The summed E-state index contributed by atoms with van der Waals surface area (Å²) in [5.41, 5.74) is 4.22. The lowest BCUT2D eigenvalue weighted by Gasteiger charge is -2.35. The average Bonchev–Trinajstić information content (AvgIpc) is 3.40. The minimum Gasteiger partial charge on any atom is -0.391 e. The lowest BCUT2D eigenvalue weighted by molar-refractivity contribution is -0.143. The molecule has 1 aliphatic heterocycles. The maximum Gasteiger partial charge on any atom is 0.246 e. The maximum absolute atomic E-state index is 13.4. The quantitative estimate of drug-likeness (QED) is 0.434. The topological polar surface area (TPSA) is 124 Å². The van der Waals surface area contributed by atoms with Crippen molar-refractivity contribution in [3.8, 4) is 10.4 Å². The fourth-order valence-electron chi connectivity index (χ4n) is 4.15. The first-order chi connectivity index (χ1) is 16.5. The fourth-order valence-corrected chi connectivity index (χ4v) is 4.96. The van der Waals surface area contributed by atoms with Crippen LogP contribution in [0.4, 0.5) is 0 Å². The Bertz CT molecular complexity index is 1050. The Morgan fingerprint density at radius 1 is 1.23 bits per heavy atom. The van der Waals surface area contributed by atoms with Crippen LogP contribution in [0.3, 0.4) is 0 Å². The average molecular weight is 502 g/mol. The van der Waals surface area contributed by atoms with Crippen molar-refractivity contribution in [3.05, 3.63) is 41.0 Å². The summed E-state index contributed by atoms with van der Waals surface area (Å²) < 4.78 is 0. The van der Waals surface area contributed by atoms with E-state index in [9.17, 15) is 19.5 Å². The van der Waals surface area contributed by atoms with Crippen LogP contribution in [-0.2, 0) is 20.9 Å². The lowest BCUT2D eigenvalue weighted by Crippen LogP contribution is -2.58. The molecule has 0 bridgehead atoms. The Hall–Kier alpha value is -2.82. The Balaban J connectivity index is 1.67. The summed E-state index contributed by atoms with van der Waals surface area (Å²) >= 11 is 1.59. The highest BCUT2D eigenvalue weighted by Crippen LogP contribution is 2.28. The molecule has 1 aromatic carbocycles. The minimum absolute atomic E-state index is 0.0499. The molecule has 1 saturated heterocycles. The maximum atomic E-state index is 13.4. The summed E-state index contributed by atoms with van der Waals surface area (Å²) in [7, 11) is 1.65. The van der Waals surface area contributed by atoms with Crippen LogP contribution in [0, 0.1) is 12.3 Å². The number of nitrogens with zero attached hydrogens (tertiary/aromatic N) is 2. The number of aliphatic hydroxyl groups is 1. The van der Waals surface area contributed by atoms with Gasteiger partial charge in [0.2, 0.25) is 17.7 Å². The van der Waals surface area contributed by atoms with Crippen LogP contribution in [0.1, 0.15) is 38.4 Å². The van der Waals surface area contributed by atoms with Gasteiger partial charge in [0.05, 0.1) is 28.7 Å². The number of hydrogen-bond donors (Lipinski definition) is 4. The van der Waals surface area contributed by atoms with Gasteiger partial charge < -0.3 is 26.0 Å². The number of amides is 3. The summed E-state index contributed by atoms with van der Waals surface area (Å²) in [4.78, 5) is 45.5. The fraction of sp³-hybridized carbons (Fsp3) is 0.520. The number of thiazole rings is 1. The molecule has 2 heterocycles. The van der Waals surface area contributed by atoms with Crippen molar-refractivity contribution in [3.63, 3.8) is 0 Å². The number of β-amino-alcohol motifs (C(OH)–C–C–N with tert-alkyl or cyclic N) is 1. The van der Waals surface area contributed by atoms with E-state index in [1.165, 1.54) is 4.90 Å². The Labute approximate surface area is 210 Å². The first-order valence-electron chi connectivity index (χ1n) is 11.7. The van der Waals surface area contributed by atoms with Crippen molar-refractivity contribution in [1.29, 1.82) is 0 Å². The summed E-state index contributed by atoms with van der Waals surface area (Å²) in [6.45, 7) is 7.97. The van der Waals surface area contributed by atoms with Crippen molar-refractivity contribution in [2.24, 2.45) is 5.41 Å². The van der Waals surface area contributed by atoms with Gasteiger partial charge in [-0.15, -0.1) is 11.3 Å². The Morgan fingerprint density at radius 2 is 1.91 bits per heavy atom. The van der Waals surface area contributed by atoms with Gasteiger partial charge in [0.25, 0.3) is 0 Å². The van der Waals surface area contributed by atoms with E-state index in [1.54, 1.807) is 18.4 Å². The molecule has 190 valence electrons. The van der Waals surface area contributed by atoms with E-state index in [2.05, 4.69) is 20.9 Å². The van der Waals surface area contributed by atoms with Gasteiger partial charge in [-0.3, -0.25) is 14.4 Å². The number of hydrogen-bond acceptors (Lipinski definition) is 7. The molecule has 35 heavy (non-hydrogen) atoms. The number of likely N-dealkylation sites (tertiary alicyclic amines) is 1. The molecule has 1 aliphatic rings. The van der Waals surface area contributed by atoms with Crippen molar-refractivity contribution in [2.75, 3.05) is 20.1 Å². The van der Waals surface area contributed by atoms with E-state index in [-0.39, 0.29) is 37.2 Å². The highest BCUT2D eigenvalue weighted by atomic mass is 32.1. The number of likely N-dealkylation sites (N-methyl/N-ethyl adjacent to an activating group) is 1. The molecular formula is C25H35N5O4S. The van der Waals surface area contributed by atoms with Gasteiger partial charge in [-0.2, -0.15) is 0 Å². The molecule has 0 saturated carbocycles. The monoisotopic (exact) mass is 501 g/mol. The molecule has 9 nitrogen and oxygen atoms in total. The van der Waals surface area contributed by atoms with Gasteiger partial charge in [0.1, 0.15) is 12.1 Å².